The van der Waals surface area contributed by atoms with Crippen LogP contribution >= 0.6 is 23.4 Å². The van der Waals surface area contributed by atoms with Crippen LogP contribution in [0.1, 0.15) is 11.1 Å². The Morgan fingerprint density at radius 2 is 1.65 bits per heavy atom. The zero-order valence-electron chi connectivity index (χ0n) is 17.3. The van der Waals surface area contributed by atoms with Gasteiger partial charge in [0.1, 0.15) is 0 Å². The number of aromatic nitrogens is 2. The molecule has 31 heavy (non-hydrogen) atoms. The number of nitrogens with zero attached hydrogens (tertiary/aromatic N) is 1. The monoisotopic (exact) mass is 447 g/mol. The van der Waals surface area contributed by atoms with Crippen LogP contribution in [0.15, 0.2) is 78.0 Å². The van der Waals surface area contributed by atoms with E-state index in [-0.39, 0.29) is 11.7 Å². The fraction of sp³-hybridized carbons (Fsp3) is 0.120. The maximum absolute atomic E-state index is 12.6. The summed E-state index contributed by atoms with van der Waals surface area (Å²) in [5, 5.41) is 4.17. The molecule has 0 spiro atoms. The molecule has 0 radical (unpaired) electrons. The van der Waals surface area contributed by atoms with Crippen molar-refractivity contribution in [3.63, 3.8) is 0 Å². The van der Waals surface area contributed by atoms with Gasteiger partial charge in [0.2, 0.25) is 5.91 Å². The van der Waals surface area contributed by atoms with Crippen molar-refractivity contribution in [1.29, 1.82) is 0 Å². The molecule has 0 aliphatic rings. The normalized spacial score (nSPS) is 10.8. The highest BCUT2D eigenvalue weighted by Crippen LogP contribution is 2.33. The van der Waals surface area contributed by atoms with Crippen LogP contribution in [0.3, 0.4) is 0 Å². The number of rotatable bonds is 6. The van der Waals surface area contributed by atoms with Gasteiger partial charge in [-0.25, -0.2) is 4.98 Å². The molecule has 6 heteroatoms. The second kappa shape index (κ2) is 9.41. The van der Waals surface area contributed by atoms with Crippen molar-refractivity contribution in [1.82, 2.24) is 9.97 Å². The molecule has 1 aromatic heterocycles. The summed E-state index contributed by atoms with van der Waals surface area (Å²) >= 11 is 7.68. The highest BCUT2D eigenvalue weighted by atomic mass is 35.5. The standard InChI is InChI=1S/C25H22ClN3OS/c1-16-13-17(2)22(20(26)14-16)27-21(30)15-31-25-28-23(18-9-5-3-6-10-18)24(29-25)19-11-7-4-8-12-19/h3-14H,15H2,1-2H3,(H,27,30)(H,28,29). The van der Waals surface area contributed by atoms with Gasteiger partial charge in [0.05, 0.1) is 27.9 Å². The fourth-order valence-corrected chi connectivity index (χ4v) is 4.46. The van der Waals surface area contributed by atoms with E-state index in [0.717, 1.165) is 33.6 Å². The number of carbonyl (C=O) groups excluding carboxylic acids is 1. The van der Waals surface area contributed by atoms with Crippen molar-refractivity contribution in [2.45, 2.75) is 19.0 Å². The smallest absolute Gasteiger partial charge is 0.234 e. The molecular formula is C25H22ClN3OS. The highest BCUT2D eigenvalue weighted by Gasteiger charge is 2.16. The molecule has 156 valence electrons. The molecule has 0 unspecified atom stereocenters. The van der Waals surface area contributed by atoms with Gasteiger partial charge >= 0.3 is 0 Å². The summed E-state index contributed by atoms with van der Waals surface area (Å²) in [5.41, 5.74) is 6.54. The number of nitrogens with one attached hydrogen (secondary N) is 2. The minimum Gasteiger partial charge on any atom is -0.332 e. The third-order valence-electron chi connectivity index (χ3n) is 4.83. The summed E-state index contributed by atoms with van der Waals surface area (Å²) < 4.78 is 0. The zero-order valence-corrected chi connectivity index (χ0v) is 18.8. The molecule has 0 bridgehead atoms. The summed E-state index contributed by atoms with van der Waals surface area (Å²) in [6.45, 7) is 3.92. The number of carbonyl (C=O) groups is 1. The molecule has 0 aliphatic carbocycles. The summed E-state index contributed by atoms with van der Waals surface area (Å²) in [5.74, 6) is 0.0948. The minimum atomic E-state index is -0.127. The maximum Gasteiger partial charge on any atom is 0.234 e. The number of hydrogen-bond acceptors (Lipinski definition) is 3. The Labute approximate surface area is 191 Å². The first-order valence-electron chi connectivity index (χ1n) is 9.91. The van der Waals surface area contributed by atoms with Gasteiger partial charge in [-0.2, -0.15) is 0 Å². The van der Waals surface area contributed by atoms with Crippen molar-refractivity contribution < 1.29 is 4.79 Å². The van der Waals surface area contributed by atoms with E-state index in [1.807, 2.05) is 86.6 Å². The van der Waals surface area contributed by atoms with Gasteiger partial charge in [-0.1, -0.05) is 90.1 Å². The first-order chi connectivity index (χ1) is 15.0. The molecule has 0 saturated carbocycles. The molecule has 1 amide bonds. The largest absolute Gasteiger partial charge is 0.332 e. The van der Waals surface area contributed by atoms with E-state index in [1.165, 1.54) is 11.8 Å². The van der Waals surface area contributed by atoms with E-state index in [9.17, 15) is 4.79 Å². The van der Waals surface area contributed by atoms with E-state index in [1.54, 1.807) is 0 Å². The number of aromatic amines is 1. The number of thioether (sulfide) groups is 1. The van der Waals surface area contributed by atoms with Crippen molar-refractivity contribution >= 4 is 35.0 Å². The van der Waals surface area contributed by atoms with Crippen LogP contribution < -0.4 is 5.32 Å². The van der Waals surface area contributed by atoms with E-state index in [2.05, 4.69) is 10.3 Å². The number of anilines is 1. The number of hydrogen-bond donors (Lipinski definition) is 2. The molecule has 2 N–H and O–H groups in total. The number of benzene rings is 3. The average molecular weight is 448 g/mol. The SMILES string of the molecule is Cc1cc(C)c(NC(=O)CSc2nc(-c3ccccc3)c(-c3ccccc3)[nH]2)c(Cl)c1. The second-order valence-electron chi connectivity index (χ2n) is 7.27. The lowest BCUT2D eigenvalue weighted by atomic mass is 10.1. The Morgan fingerprint density at radius 3 is 2.29 bits per heavy atom. The van der Waals surface area contributed by atoms with Crippen molar-refractivity contribution in [3.8, 4) is 22.5 Å². The molecule has 0 aliphatic heterocycles. The molecular weight excluding hydrogens is 426 g/mol. The fourth-order valence-electron chi connectivity index (χ4n) is 3.42. The predicted molar refractivity (Wildman–Crippen MR) is 130 cm³/mol. The number of imidazole rings is 1. The van der Waals surface area contributed by atoms with Gasteiger partial charge in [-0.3, -0.25) is 4.79 Å². The third-order valence-corrected chi connectivity index (χ3v) is 6.00. The number of halogens is 1. The van der Waals surface area contributed by atoms with Crippen molar-refractivity contribution in [2.24, 2.45) is 0 Å². The van der Waals surface area contributed by atoms with Gasteiger partial charge in [-0.15, -0.1) is 0 Å². The highest BCUT2D eigenvalue weighted by molar-refractivity contribution is 7.99. The Bertz CT molecular complexity index is 1130. The van der Waals surface area contributed by atoms with E-state index in [4.69, 9.17) is 16.6 Å². The summed E-state index contributed by atoms with van der Waals surface area (Å²) in [7, 11) is 0. The Morgan fingerprint density at radius 1 is 1.00 bits per heavy atom. The van der Waals surface area contributed by atoms with Crippen LogP contribution in [0, 0.1) is 13.8 Å². The van der Waals surface area contributed by atoms with Gasteiger partial charge in [-0.05, 0) is 31.0 Å². The Balaban J connectivity index is 1.54. The van der Waals surface area contributed by atoms with Gasteiger partial charge in [0, 0.05) is 11.1 Å². The molecule has 4 nitrogen and oxygen atoms in total. The van der Waals surface area contributed by atoms with Crippen LogP contribution in [-0.4, -0.2) is 21.6 Å². The zero-order chi connectivity index (χ0) is 21.8. The summed E-state index contributed by atoms with van der Waals surface area (Å²) in [6.07, 6.45) is 0. The molecule has 0 saturated heterocycles. The van der Waals surface area contributed by atoms with Crippen LogP contribution in [0.5, 0.6) is 0 Å². The lowest BCUT2D eigenvalue weighted by Gasteiger charge is -2.11. The van der Waals surface area contributed by atoms with E-state index < -0.39 is 0 Å². The van der Waals surface area contributed by atoms with Crippen LogP contribution in [-0.2, 0) is 4.79 Å². The lowest BCUT2D eigenvalue weighted by Crippen LogP contribution is -2.15. The third kappa shape index (κ3) is 5.01. The van der Waals surface area contributed by atoms with Crippen LogP contribution in [0.25, 0.3) is 22.5 Å². The number of H-pyrrole nitrogens is 1. The van der Waals surface area contributed by atoms with Gasteiger partial charge in [0.25, 0.3) is 0 Å². The van der Waals surface area contributed by atoms with E-state index >= 15 is 0 Å². The first kappa shape index (κ1) is 21.2. The quantitative estimate of drug-likeness (QED) is 0.321. The Hall–Kier alpha value is -3.02. The topological polar surface area (TPSA) is 57.8 Å². The molecule has 1 heterocycles. The van der Waals surface area contributed by atoms with Gasteiger partial charge < -0.3 is 10.3 Å². The van der Waals surface area contributed by atoms with Crippen molar-refractivity contribution in [3.05, 3.63) is 88.9 Å². The summed E-state index contributed by atoms with van der Waals surface area (Å²) in [4.78, 5) is 20.8. The Kier molecular flexibility index (Phi) is 6.44. The van der Waals surface area contributed by atoms with Gasteiger partial charge in [0.15, 0.2) is 5.16 Å². The maximum atomic E-state index is 12.6. The average Bonchev–Trinajstić information content (AvgIpc) is 3.20. The van der Waals surface area contributed by atoms with Crippen LogP contribution in [0.4, 0.5) is 5.69 Å². The summed E-state index contributed by atoms with van der Waals surface area (Å²) in [6, 6.07) is 24.0. The lowest BCUT2D eigenvalue weighted by molar-refractivity contribution is -0.113. The van der Waals surface area contributed by atoms with Crippen LogP contribution in [0.2, 0.25) is 5.02 Å². The number of amides is 1. The molecule has 4 rings (SSSR count). The first-order valence-corrected chi connectivity index (χ1v) is 11.3. The molecule has 0 fully saturated rings. The molecule has 0 atom stereocenters. The minimum absolute atomic E-state index is 0.127. The molecule has 3 aromatic carbocycles. The number of aryl methyl sites for hydroxylation is 2. The van der Waals surface area contributed by atoms with E-state index in [0.29, 0.717) is 15.9 Å². The molecule has 4 aromatic rings. The second-order valence-corrected chi connectivity index (χ2v) is 8.64. The van der Waals surface area contributed by atoms with Crippen molar-refractivity contribution in [2.75, 3.05) is 11.1 Å². The predicted octanol–water partition coefficient (Wildman–Crippen LogP) is 6.74.